The molecule has 0 radical (unpaired) electrons. The van der Waals surface area contributed by atoms with E-state index in [9.17, 15) is 14.7 Å². The molecule has 2 heterocycles. The lowest BCUT2D eigenvalue weighted by atomic mass is 9.76. The fraction of sp³-hybridized carbons (Fsp3) is 0.346. The number of nitrogens with zero attached hydrogens (tertiary/aromatic N) is 1. The number of amides is 2. The molecular weight excluding hydrogens is 470 g/mol. The van der Waals surface area contributed by atoms with Gasteiger partial charge >= 0.3 is 0 Å². The van der Waals surface area contributed by atoms with E-state index >= 15 is 0 Å². The molecule has 1 aliphatic heterocycles. The van der Waals surface area contributed by atoms with E-state index in [-0.39, 0.29) is 41.5 Å². The van der Waals surface area contributed by atoms with Crippen molar-refractivity contribution >= 4 is 23.4 Å². The third-order valence-corrected chi connectivity index (χ3v) is 7.51. The third kappa shape index (κ3) is 4.06. The lowest BCUT2D eigenvalue weighted by molar-refractivity contribution is -0.133. The minimum atomic E-state index is -0.821. The number of oxazole rings is 1. The highest BCUT2D eigenvalue weighted by Gasteiger charge is 2.57. The quantitative estimate of drug-likeness (QED) is 0.500. The zero-order valence-electron chi connectivity index (χ0n) is 18.7. The van der Waals surface area contributed by atoms with Gasteiger partial charge in [0.25, 0.3) is 11.8 Å². The molecule has 0 saturated heterocycles. The first-order valence-corrected chi connectivity index (χ1v) is 12.1. The Kier molecular flexibility index (Phi) is 5.30. The third-order valence-electron chi connectivity index (χ3n) is 7.27. The molecule has 3 aliphatic carbocycles. The van der Waals surface area contributed by atoms with Crippen LogP contribution in [0, 0.1) is 5.92 Å². The van der Waals surface area contributed by atoms with Crippen LogP contribution in [0.25, 0.3) is 11.5 Å². The number of rotatable bonds is 5. The van der Waals surface area contributed by atoms with E-state index in [4.69, 9.17) is 20.8 Å². The standard InChI is InChI=1S/C26H24ClN3O5/c27-16-6-7-20-17(8-16)19(31)9-21(34-20)24(33)30-26-10-15(11-26)18(12-26)29-23(32)22-13-28-25(35-22)14-4-2-1-3-5-14/h1-8,13,15,18-19,21,31H,9-12H2,(H,29,32)(H,30,33)/t15?,18?,19-,21-,26?/m1/s1. The summed E-state index contributed by atoms with van der Waals surface area (Å²) < 4.78 is 11.5. The van der Waals surface area contributed by atoms with Crippen molar-refractivity contribution in [3.05, 3.63) is 71.1 Å². The molecule has 8 nitrogen and oxygen atoms in total. The Morgan fingerprint density at radius 3 is 2.71 bits per heavy atom. The molecule has 3 saturated carbocycles. The number of carbonyl (C=O) groups excluding carboxylic acids is 2. The normalized spacial score (nSPS) is 28.4. The summed E-state index contributed by atoms with van der Waals surface area (Å²) in [7, 11) is 0. The summed E-state index contributed by atoms with van der Waals surface area (Å²) >= 11 is 6.01. The molecule has 3 atom stereocenters. The van der Waals surface area contributed by atoms with E-state index in [1.54, 1.807) is 18.2 Å². The van der Waals surface area contributed by atoms with Gasteiger partial charge in [-0.3, -0.25) is 9.59 Å². The van der Waals surface area contributed by atoms with Gasteiger partial charge in [-0.15, -0.1) is 0 Å². The van der Waals surface area contributed by atoms with Crippen LogP contribution < -0.4 is 15.4 Å². The Labute approximate surface area is 206 Å². The summed E-state index contributed by atoms with van der Waals surface area (Å²) in [5.41, 5.74) is 1.03. The van der Waals surface area contributed by atoms with Crippen LogP contribution in [-0.2, 0) is 4.79 Å². The molecule has 2 bridgehead atoms. The summed E-state index contributed by atoms with van der Waals surface area (Å²) in [5.74, 6) is 0.751. The summed E-state index contributed by atoms with van der Waals surface area (Å²) in [6.45, 7) is 0. The van der Waals surface area contributed by atoms with Crippen LogP contribution in [0.5, 0.6) is 5.75 Å². The van der Waals surface area contributed by atoms with Crippen LogP contribution in [0.1, 0.15) is 47.9 Å². The van der Waals surface area contributed by atoms with Crippen molar-refractivity contribution in [2.75, 3.05) is 0 Å². The molecule has 0 spiro atoms. The van der Waals surface area contributed by atoms with Crippen LogP contribution in [0.2, 0.25) is 5.02 Å². The number of hydrogen-bond donors (Lipinski definition) is 3. The van der Waals surface area contributed by atoms with Gasteiger partial charge in [0, 0.05) is 34.2 Å². The number of fused-ring (bicyclic) bond motifs is 2. The zero-order chi connectivity index (χ0) is 24.2. The van der Waals surface area contributed by atoms with Gasteiger partial charge < -0.3 is 24.9 Å². The molecule has 35 heavy (non-hydrogen) atoms. The molecule has 2 aromatic carbocycles. The molecule has 7 rings (SSSR count). The lowest BCUT2D eigenvalue weighted by Crippen LogP contribution is -2.56. The van der Waals surface area contributed by atoms with Crippen molar-refractivity contribution in [3.8, 4) is 17.2 Å². The minimum absolute atomic E-state index is 0.0613. The van der Waals surface area contributed by atoms with Crippen LogP contribution in [-0.4, -0.2) is 39.6 Å². The average molecular weight is 494 g/mol. The van der Waals surface area contributed by atoms with Gasteiger partial charge in [-0.25, -0.2) is 4.98 Å². The largest absolute Gasteiger partial charge is 0.480 e. The van der Waals surface area contributed by atoms with Gasteiger partial charge in [-0.1, -0.05) is 29.8 Å². The molecule has 3 aromatic rings. The average Bonchev–Trinajstić information content (AvgIpc) is 3.53. The molecule has 9 heteroatoms. The molecule has 1 unspecified atom stereocenters. The molecule has 3 fully saturated rings. The first-order chi connectivity index (χ1) is 16.9. The highest BCUT2D eigenvalue weighted by atomic mass is 35.5. The molecule has 4 aliphatic rings. The van der Waals surface area contributed by atoms with Crippen molar-refractivity contribution in [3.63, 3.8) is 0 Å². The minimum Gasteiger partial charge on any atom is -0.480 e. The van der Waals surface area contributed by atoms with Crippen LogP contribution in [0.3, 0.4) is 0 Å². The van der Waals surface area contributed by atoms with Gasteiger partial charge in [-0.05, 0) is 55.5 Å². The van der Waals surface area contributed by atoms with Gasteiger partial charge in [0.2, 0.25) is 11.7 Å². The first kappa shape index (κ1) is 22.1. The molecule has 180 valence electrons. The smallest absolute Gasteiger partial charge is 0.288 e. The second-order valence-corrected chi connectivity index (χ2v) is 10.1. The van der Waals surface area contributed by atoms with E-state index in [0.717, 1.165) is 18.4 Å². The number of carbonyl (C=O) groups is 2. The number of aromatic nitrogens is 1. The zero-order valence-corrected chi connectivity index (χ0v) is 19.5. The summed E-state index contributed by atoms with van der Waals surface area (Å²) in [4.78, 5) is 30.0. The second-order valence-electron chi connectivity index (χ2n) is 9.66. The Morgan fingerprint density at radius 2 is 1.91 bits per heavy atom. The van der Waals surface area contributed by atoms with Gasteiger partial charge in [0.1, 0.15) is 5.75 Å². The molecule has 3 N–H and O–H groups in total. The fourth-order valence-electron chi connectivity index (χ4n) is 5.56. The Balaban J connectivity index is 1.07. The topological polar surface area (TPSA) is 114 Å². The highest BCUT2D eigenvalue weighted by Crippen LogP contribution is 2.52. The van der Waals surface area contributed by atoms with Crippen molar-refractivity contribution in [2.45, 2.75) is 49.5 Å². The Hall–Kier alpha value is -3.36. The number of nitrogens with one attached hydrogen (secondary N) is 2. The van der Waals surface area contributed by atoms with Crippen LogP contribution >= 0.6 is 11.6 Å². The number of benzene rings is 2. The van der Waals surface area contributed by atoms with Gasteiger partial charge in [0.15, 0.2) is 6.10 Å². The summed E-state index contributed by atoms with van der Waals surface area (Å²) in [6.07, 6.45) is 2.20. The fourth-order valence-corrected chi connectivity index (χ4v) is 5.74. The number of ether oxygens (including phenoxy) is 1. The summed E-state index contributed by atoms with van der Waals surface area (Å²) in [6, 6.07) is 14.3. The SMILES string of the molecule is O=C(NC1CC2(NC(=O)[C@H]3C[C@@H](O)c4cc(Cl)ccc4O3)CC1C2)c1cnc(-c2ccccc2)o1. The van der Waals surface area contributed by atoms with E-state index in [1.807, 2.05) is 30.3 Å². The Morgan fingerprint density at radius 1 is 1.11 bits per heavy atom. The first-order valence-electron chi connectivity index (χ1n) is 11.7. The number of hydrogen-bond acceptors (Lipinski definition) is 6. The van der Waals surface area contributed by atoms with E-state index in [0.29, 0.717) is 28.6 Å². The monoisotopic (exact) mass is 493 g/mol. The van der Waals surface area contributed by atoms with E-state index in [1.165, 1.54) is 6.20 Å². The Bertz CT molecular complexity index is 1290. The van der Waals surface area contributed by atoms with Crippen molar-refractivity contribution < 1.29 is 23.8 Å². The van der Waals surface area contributed by atoms with Crippen molar-refractivity contribution in [2.24, 2.45) is 5.92 Å². The van der Waals surface area contributed by atoms with Crippen LogP contribution in [0.4, 0.5) is 0 Å². The van der Waals surface area contributed by atoms with E-state index < -0.39 is 12.2 Å². The van der Waals surface area contributed by atoms with Gasteiger partial charge in [0.05, 0.1) is 12.3 Å². The number of halogens is 1. The second kappa shape index (κ2) is 8.39. The van der Waals surface area contributed by atoms with Crippen LogP contribution in [0.15, 0.2) is 59.1 Å². The predicted molar refractivity (Wildman–Crippen MR) is 127 cm³/mol. The highest BCUT2D eigenvalue weighted by molar-refractivity contribution is 6.30. The maximum Gasteiger partial charge on any atom is 0.288 e. The van der Waals surface area contributed by atoms with Crippen molar-refractivity contribution in [1.29, 1.82) is 0 Å². The van der Waals surface area contributed by atoms with E-state index in [2.05, 4.69) is 15.6 Å². The molecule has 2 amide bonds. The maximum atomic E-state index is 13.0. The maximum absolute atomic E-state index is 13.0. The van der Waals surface area contributed by atoms with Gasteiger partial charge in [-0.2, -0.15) is 0 Å². The van der Waals surface area contributed by atoms with Crippen molar-refractivity contribution in [1.82, 2.24) is 15.6 Å². The lowest BCUT2D eigenvalue weighted by Gasteiger charge is -2.40. The molecule has 1 aromatic heterocycles. The number of aliphatic hydroxyl groups is 1. The predicted octanol–water partition coefficient (Wildman–Crippen LogP) is 3.65. The summed E-state index contributed by atoms with van der Waals surface area (Å²) in [5, 5.41) is 17.2. The molecular formula is C26H24ClN3O5. The number of aliphatic hydroxyl groups excluding tert-OH is 1.